The van der Waals surface area contributed by atoms with Gasteiger partial charge in [-0.2, -0.15) is 0 Å². The molecule has 6 nitrogen and oxygen atoms in total. The lowest BCUT2D eigenvalue weighted by Crippen LogP contribution is -2.31. The molecule has 0 saturated carbocycles. The number of carboxylic acids is 1. The van der Waals surface area contributed by atoms with Crippen LogP contribution in [0.4, 0.5) is 14.9 Å². The maximum Gasteiger partial charge on any atom is 0.337 e. The fourth-order valence-corrected chi connectivity index (χ4v) is 2.17. The van der Waals surface area contributed by atoms with Crippen LogP contribution in [0.1, 0.15) is 23.2 Å². The molecule has 21 heavy (non-hydrogen) atoms. The van der Waals surface area contributed by atoms with Crippen molar-refractivity contribution in [2.24, 2.45) is 5.92 Å². The van der Waals surface area contributed by atoms with Gasteiger partial charge in [0.05, 0.1) is 11.3 Å². The Kier molecular flexibility index (Phi) is 5.10. The van der Waals surface area contributed by atoms with Crippen LogP contribution in [0.5, 0.6) is 0 Å². The number of hydrogen-bond donors (Lipinski definition) is 3. The summed E-state index contributed by atoms with van der Waals surface area (Å²) in [7, 11) is 0. The Morgan fingerprint density at radius 2 is 2.24 bits per heavy atom. The van der Waals surface area contributed by atoms with Gasteiger partial charge in [0.2, 0.25) is 0 Å². The summed E-state index contributed by atoms with van der Waals surface area (Å²) in [6.07, 6.45) is 1.78. The molecule has 1 aliphatic heterocycles. The fourth-order valence-electron chi connectivity index (χ4n) is 2.17. The van der Waals surface area contributed by atoms with Crippen LogP contribution in [-0.4, -0.2) is 36.9 Å². The van der Waals surface area contributed by atoms with E-state index in [1.165, 1.54) is 0 Å². The molecular weight excluding hydrogens is 279 g/mol. The Hall–Kier alpha value is -2.15. The number of carboxylic acid groups (broad SMARTS) is 1. The summed E-state index contributed by atoms with van der Waals surface area (Å²) in [6.45, 7) is 1.91. The number of urea groups is 1. The van der Waals surface area contributed by atoms with Crippen LogP contribution in [0, 0.1) is 11.7 Å². The van der Waals surface area contributed by atoms with Gasteiger partial charge in [0, 0.05) is 19.8 Å². The highest BCUT2D eigenvalue weighted by Gasteiger charge is 2.16. The Labute approximate surface area is 121 Å². The molecule has 1 atom stereocenters. The third-order valence-corrected chi connectivity index (χ3v) is 3.32. The average Bonchev–Trinajstić information content (AvgIpc) is 2.91. The molecule has 1 fully saturated rings. The van der Waals surface area contributed by atoms with Crippen molar-refractivity contribution in [1.29, 1.82) is 0 Å². The van der Waals surface area contributed by atoms with E-state index in [0.29, 0.717) is 19.1 Å². The number of carbonyl (C=O) groups excluding carboxylic acids is 1. The first kappa shape index (κ1) is 15.2. The Balaban J connectivity index is 1.86. The highest BCUT2D eigenvalue weighted by atomic mass is 19.1. The number of nitrogens with one attached hydrogen (secondary N) is 2. The minimum Gasteiger partial charge on any atom is -0.478 e. The number of aromatic carboxylic acids is 1. The van der Waals surface area contributed by atoms with Crippen LogP contribution in [0.3, 0.4) is 0 Å². The number of anilines is 1. The lowest BCUT2D eigenvalue weighted by atomic mass is 10.1. The first-order valence-corrected chi connectivity index (χ1v) is 6.71. The molecule has 2 rings (SSSR count). The van der Waals surface area contributed by atoms with E-state index < -0.39 is 17.8 Å². The van der Waals surface area contributed by atoms with E-state index in [1.807, 2.05) is 0 Å². The summed E-state index contributed by atoms with van der Waals surface area (Å²) in [5.41, 5.74) is -0.222. The minimum atomic E-state index is -1.23. The van der Waals surface area contributed by atoms with Crippen LogP contribution < -0.4 is 10.6 Å². The molecular formula is C14H17FN2O4. The normalized spacial score (nSPS) is 17.5. The zero-order chi connectivity index (χ0) is 15.2. The molecule has 3 N–H and O–H groups in total. The van der Waals surface area contributed by atoms with E-state index in [-0.39, 0.29) is 11.3 Å². The molecule has 2 amide bonds. The lowest BCUT2D eigenvalue weighted by molar-refractivity contribution is 0.0698. The van der Waals surface area contributed by atoms with E-state index in [1.54, 1.807) is 0 Å². The van der Waals surface area contributed by atoms with Crippen molar-refractivity contribution >= 4 is 17.7 Å². The zero-order valence-corrected chi connectivity index (χ0v) is 11.4. The minimum absolute atomic E-state index is 0.0656. The van der Waals surface area contributed by atoms with Crippen molar-refractivity contribution < 1.29 is 23.8 Å². The summed E-state index contributed by atoms with van der Waals surface area (Å²) >= 11 is 0. The van der Waals surface area contributed by atoms with Gasteiger partial charge in [-0.3, -0.25) is 0 Å². The summed E-state index contributed by atoms with van der Waals surface area (Å²) in [6, 6.07) is 2.57. The van der Waals surface area contributed by atoms with E-state index in [2.05, 4.69) is 10.6 Å². The number of benzene rings is 1. The maximum absolute atomic E-state index is 13.1. The van der Waals surface area contributed by atoms with Crippen molar-refractivity contribution in [2.45, 2.75) is 12.8 Å². The molecule has 0 radical (unpaired) electrons. The van der Waals surface area contributed by atoms with Crippen molar-refractivity contribution in [2.75, 3.05) is 25.1 Å². The molecule has 0 aliphatic carbocycles. The van der Waals surface area contributed by atoms with Gasteiger partial charge in [0.25, 0.3) is 0 Å². The summed E-state index contributed by atoms with van der Waals surface area (Å²) < 4.78 is 18.4. The van der Waals surface area contributed by atoms with Crippen LogP contribution in [0.15, 0.2) is 18.2 Å². The highest BCUT2D eigenvalue weighted by molar-refractivity contribution is 5.99. The van der Waals surface area contributed by atoms with Crippen LogP contribution in [0.25, 0.3) is 0 Å². The Morgan fingerprint density at radius 3 is 2.90 bits per heavy atom. The lowest BCUT2D eigenvalue weighted by Gasteiger charge is -2.11. The number of ether oxygens (including phenoxy) is 1. The van der Waals surface area contributed by atoms with Crippen molar-refractivity contribution in [3.63, 3.8) is 0 Å². The summed E-state index contributed by atoms with van der Waals surface area (Å²) in [5, 5.41) is 14.0. The molecule has 114 valence electrons. The molecule has 0 bridgehead atoms. The number of carbonyl (C=O) groups is 2. The van der Waals surface area contributed by atoms with E-state index in [0.717, 1.165) is 37.6 Å². The number of hydrogen-bond acceptors (Lipinski definition) is 3. The molecule has 1 unspecified atom stereocenters. The van der Waals surface area contributed by atoms with E-state index in [9.17, 15) is 14.0 Å². The number of rotatable bonds is 5. The van der Waals surface area contributed by atoms with Crippen molar-refractivity contribution in [1.82, 2.24) is 5.32 Å². The summed E-state index contributed by atoms with van der Waals surface area (Å²) in [4.78, 5) is 22.7. The average molecular weight is 296 g/mol. The third kappa shape index (κ3) is 4.42. The predicted molar refractivity (Wildman–Crippen MR) is 73.9 cm³/mol. The Morgan fingerprint density at radius 1 is 1.43 bits per heavy atom. The second-order valence-electron chi connectivity index (χ2n) is 4.89. The SMILES string of the molecule is O=C(NCCC1CCOC1)Nc1cc(F)ccc1C(=O)O. The van der Waals surface area contributed by atoms with E-state index >= 15 is 0 Å². The quantitative estimate of drug-likeness (QED) is 0.776. The van der Waals surface area contributed by atoms with Crippen LogP contribution in [0.2, 0.25) is 0 Å². The second kappa shape index (κ2) is 7.03. The topological polar surface area (TPSA) is 87.7 Å². The van der Waals surface area contributed by atoms with Crippen molar-refractivity contribution in [3.8, 4) is 0 Å². The van der Waals surface area contributed by atoms with Gasteiger partial charge in [-0.05, 0) is 37.0 Å². The molecule has 1 saturated heterocycles. The number of amides is 2. The van der Waals surface area contributed by atoms with Gasteiger partial charge in [-0.1, -0.05) is 0 Å². The standard InChI is InChI=1S/C14H17FN2O4/c15-10-1-2-11(13(18)19)12(7-10)17-14(20)16-5-3-9-4-6-21-8-9/h1-2,7,9H,3-6,8H2,(H,18,19)(H2,16,17,20). The van der Waals surface area contributed by atoms with Gasteiger partial charge in [-0.15, -0.1) is 0 Å². The van der Waals surface area contributed by atoms with Gasteiger partial charge < -0.3 is 20.5 Å². The van der Waals surface area contributed by atoms with Crippen LogP contribution >= 0.6 is 0 Å². The highest BCUT2D eigenvalue weighted by Crippen LogP contribution is 2.17. The predicted octanol–water partition coefficient (Wildman–Crippen LogP) is 2.07. The smallest absolute Gasteiger partial charge is 0.337 e. The maximum atomic E-state index is 13.1. The first-order valence-electron chi connectivity index (χ1n) is 6.71. The van der Waals surface area contributed by atoms with Gasteiger partial charge in [0.15, 0.2) is 0 Å². The zero-order valence-electron chi connectivity index (χ0n) is 11.4. The second-order valence-corrected chi connectivity index (χ2v) is 4.89. The van der Waals surface area contributed by atoms with Gasteiger partial charge in [0.1, 0.15) is 5.82 Å². The summed E-state index contributed by atoms with van der Waals surface area (Å²) in [5.74, 6) is -1.40. The molecule has 1 aromatic rings. The van der Waals surface area contributed by atoms with Gasteiger partial charge >= 0.3 is 12.0 Å². The number of halogens is 1. The van der Waals surface area contributed by atoms with Gasteiger partial charge in [-0.25, -0.2) is 14.0 Å². The largest absolute Gasteiger partial charge is 0.478 e. The monoisotopic (exact) mass is 296 g/mol. The molecule has 1 heterocycles. The first-order chi connectivity index (χ1) is 10.1. The molecule has 1 aromatic carbocycles. The molecule has 0 spiro atoms. The Bertz CT molecular complexity index is 530. The van der Waals surface area contributed by atoms with Crippen molar-refractivity contribution in [3.05, 3.63) is 29.6 Å². The fraction of sp³-hybridized carbons (Fsp3) is 0.429. The molecule has 1 aliphatic rings. The molecule has 7 heteroatoms. The van der Waals surface area contributed by atoms with Crippen LogP contribution in [-0.2, 0) is 4.74 Å². The van der Waals surface area contributed by atoms with E-state index in [4.69, 9.17) is 9.84 Å². The third-order valence-electron chi connectivity index (χ3n) is 3.32. The molecule has 0 aromatic heterocycles.